The SMILES string of the molecule is CCc1nn(CC)c(CCC(Br)C2CCCC2)c1Cl. The third-order valence-electron chi connectivity index (χ3n) is 4.26. The van der Waals surface area contributed by atoms with Crippen LogP contribution in [0.15, 0.2) is 0 Å². The summed E-state index contributed by atoms with van der Waals surface area (Å²) in [6, 6.07) is 0. The Morgan fingerprint density at radius 2 is 2.05 bits per heavy atom. The predicted octanol–water partition coefficient (Wildman–Crippen LogP) is 5.01. The van der Waals surface area contributed by atoms with Crippen LogP contribution in [0.3, 0.4) is 0 Å². The molecule has 1 aliphatic carbocycles. The van der Waals surface area contributed by atoms with Crippen molar-refractivity contribution in [1.29, 1.82) is 0 Å². The molecule has 108 valence electrons. The summed E-state index contributed by atoms with van der Waals surface area (Å²) in [6.07, 6.45) is 8.69. The highest BCUT2D eigenvalue weighted by molar-refractivity contribution is 9.09. The van der Waals surface area contributed by atoms with E-state index in [-0.39, 0.29) is 0 Å². The molecule has 1 unspecified atom stereocenters. The van der Waals surface area contributed by atoms with Crippen molar-refractivity contribution in [2.75, 3.05) is 0 Å². The fourth-order valence-electron chi connectivity index (χ4n) is 3.09. The number of aryl methyl sites for hydroxylation is 2. The maximum Gasteiger partial charge on any atom is 0.0849 e. The zero-order valence-corrected chi connectivity index (χ0v) is 14.3. The maximum absolute atomic E-state index is 6.45. The topological polar surface area (TPSA) is 17.8 Å². The minimum atomic E-state index is 0.636. The highest BCUT2D eigenvalue weighted by Crippen LogP contribution is 2.34. The van der Waals surface area contributed by atoms with Gasteiger partial charge in [-0.25, -0.2) is 0 Å². The molecule has 2 nitrogen and oxygen atoms in total. The molecule has 1 fully saturated rings. The Morgan fingerprint density at radius 1 is 1.37 bits per heavy atom. The van der Waals surface area contributed by atoms with E-state index in [9.17, 15) is 0 Å². The summed E-state index contributed by atoms with van der Waals surface area (Å²) in [5.74, 6) is 0.863. The average Bonchev–Trinajstić information content (AvgIpc) is 3.04. The maximum atomic E-state index is 6.45. The lowest BCUT2D eigenvalue weighted by atomic mass is 9.99. The van der Waals surface area contributed by atoms with E-state index in [4.69, 9.17) is 11.6 Å². The number of hydrogen-bond acceptors (Lipinski definition) is 1. The molecule has 0 bridgehead atoms. The van der Waals surface area contributed by atoms with E-state index >= 15 is 0 Å². The Hall–Kier alpha value is -0.0200. The molecule has 4 heteroatoms. The van der Waals surface area contributed by atoms with Crippen molar-refractivity contribution >= 4 is 27.5 Å². The highest BCUT2D eigenvalue weighted by atomic mass is 79.9. The quantitative estimate of drug-likeness (QED) is 0.662. The zero-order valence-electron chi connectivity index (χ0n) is 12.0. The van der Waals surface area contributed by atoms with E-state index in [1.807, 2.05) is 0 Å². The van der Waals surface area contributed by atoms with E-state index in [2.05, 4.69) is 39.6 Å². The molecular formula is C15H24BrClN2. The van der Waals surface area contributed by atoms with Gasteiger partial charge >= 0.3 is 0 Å². The van der Waals surface area contributed by atoms with Crippen molar-refractivity contribution in [3.05, 3.63) is 16.4 Å². The first-order chi connectivity index (χ1) is 9.17. The second kappa shape index (κ2) is 7.12. The Labute approximate surface area is 130 Å². The van der Waals surface area contributed by atoms with Gasteiger partial charge in [-0.05, 0) is 44.9 Å². The Bertz CT molecular complexity index is 411. The predicted molar refractivity (Wildman–Crippen MR) is 85.3 cm³/mol. The van der Waals surface area contributed by atoms with E-state index in [1.54, 1.807) is 0 Å². The van der Waals surface area contributed by atoms with Gasteiger partial charge in [0.05, 0.1) is 16.4 Å². The molecule has 1 heterocycles. The molecule has 0 spiro atoms. The van der Waals surface area contributed by atoms with Gasteiger partial charge in [0.25, 0.3) is 0 Å². The van der Waals surface area contributed by atoms with Gasteiger partial charge in [0.2, 0.25) is 0 Å². The van der Waals surface area contributed by atoms with Crippen LogP contribution in [-0.4, -0.2) is 14.6 Å². The lowest BCUT2D eigenvalue weighted by Gasteiger charge is -2.17. The summed E-state index contributed by atoms with van der Waals surface area (Å²) in [6.45, 7) is 5.16. The van der Waals surface area contributed by atoms with Gasteiger partial charge in [0, 0.05) is 11.4 Å². The molecule has 1 aromatic rings. The van der Waals surface area contributed by atoms with E-state index in [0.29, 0.717) is 4.83 Å². The van der Waals surface area contributed by atoms with Crippen LogP contribution in [0, 0.1) is 5.92 Å². The fourth-order valence-corrected chi connectivity index (χ4v) is 4.21. The molecular weight excluding hydrogens is 324 g/mol. The number of hydrogen-bond donors (Lipinski definition) is 0. The van der Waals surface area contributed by atoms with Crippen molar-refractivity contribution in [3.63, 3.8) is 0 Å². The normalized spacial score (nSPS) is 18.1. The van der Waals surface area contributed by atoms with Crippen molar-refractivity contribution in [1.82, 2.24) is 9.78 Å². The minimum absolute atomic E-state index is 0.636. The monoisotopic (exact) mass is 346 g/mol. The van der Waals surface area contributed by atoms with Crippen LogP contribution in [0.4, 0.5) is 0 Å². The summed E-state index contributed by atoms with van der Waals surface area (Å²) >= 11 is 10.3. The van der Waals surface area contributed by atoms with Crippen LogP contribution in [0.1, 0.15) is 57.3 Å². The molecule has 19 heavy (non-hydrogen) atoms. The van der Waals surface area contributed by atoms with Gasteiger partial charge in [0.1, 0.15) is 0 Å². The molecule has 0 saturated heterocycles. The van der Waals surface area contributed by atoms with E-state index in [1.165, 1.54) is 37.8 Å². The lowest BCUT2D eigenvalue weighted by molar-refractivity contribution is 0.497. The van der Waals surface area contributed by atoms with Gasteiger partial charge in [0.15, 0.2) is 0 Å². The van der Waals surface area contributed by atoms with E-state index < -0.39 is 0 Å². The number of halogens is 2. The van der Waals surface area contributed by atoms with Crippen molar-refractivity contribution < 1.29 is 0 Å². The first-order valence-electron chi connectivity index (χ1n) is 7.55. The molecule has 1 aliphatic rings. The molecule has 1 aromatic heterocycles. The lowest BCUT2D eigenvalue weighted by Crippen LogP contribution is -2.13. The molecule has 2 rings (SSSR count). The van der Waals surface area contributed by atoms with Crippen molar-refractivity contribution in [3.8, 4) is 0 Å². The Morgan fingerprint density at radius 3 is 2.63 bits per heavy atom. The van der Waals surface area contributed by atoms with Crippen molar-refractivity contribution in [2.24, 2.45) is 5.92 Å². The third kappa shape index (κ3) is 3.55. The van der Waals surface area contributed by atoms with Gasteiger partial charge in [-0.15, -0.1) is 0 Å². The molecule has 0 radical (unpaired) electrons. The van der Waals surface area contributed by atoms with Gasteiger partial charge in [-0.3, -0.25) is 4.68 Å². The summed E-state index contributed by atoms with van der Waals surface area (Å²) in [5.41, 5.74) is 2.27. The fraction of sp³-hybridized carbons (Fsp3) is 0.800. The number of nitrogens with zero attached hydrogens (tertiary/aromatic N) is 2. The van der Waals surface area contributed by atoms with Crippen molar-refractivity contribution in [2.45, 2.75) is 70.2 Å². The smallest absolute Gasteiger partial charge is 0.0849 e. The molecule has 0 aromatic carbocycles. The summed E-state index contributed by atoms with van der Waals surface area (Å²) in [7, 11) is 0. The Balaban J connectivity index is 1.99. The molecule has 0 aliphatic heterocycles. The number of alkyl halides is 1. The average molecular weight is 348 g/mol. The second-order valence-electron chi connectivity index (χ2n) is 5.48. The van der Waals surface area contributed by atoms with Gasteiger partial charge in [-0.1, -0.05) is 47.3 Å². The highest BCUT2D eigenvalue weighted by Gasteiger charge is 2.23. The first kappa shape index (κ1) is 15.4. The molecule has 1 atom stereocenters. The van der Waals surface area contributed by atoms with Gasteiger partial charge < -0.3 is 0 Å². The molecule has 0 N–H and O–H groups in total. The first-order valence-corrected chi connectivity index (χ1v) is 8.84. The van der Waals surface area contributed by atoms with E-state index in [0.717, 1.165) is 36.0 Å². The summed E-state index contributed by atoms with van der Waals surface area (Å²) in [5, 5.41) is 5.49. The van der Waals surface area contributed by atoms with Crippen LogP contribution in [-0.2, 0) is 19.4 Å². The van der Waals surface area contributed by atoms with Gasteiger partial charge in [-0.2, -0.15) is 5.10 Å². The van der Waals surface area contributed by atoms with Crippen LogP contribution in [0.2, 0.25) is 5.02 Å². The van der Waals surface area contributed by atoms with Crippen LogP contribution in [0.5, 0.6) is 0 Å². The summed E-state index contributed by atoms with van der Waals surface area (Å²) < 4.78 is 2.08. The number of rotatable bonds is 6. The van der Waals surface area contributed by atoms with Crippen LogP contribution < -0.4 is 0 Å². The molecule has 1 saturated carbocycles. The Kier molecular flexibility index (Phi) is 5.76. The molecule has 0 amide bonds. The standard InChI is InChI=1S/C15H24BrClN2/c1-3-13-15(17)14(19(4-2)18-13)10-9-12(16)11-7-5-6-8-11/h11-12H,3-10H2,1-2H3. The largest absolute Gasteiger partial charge is 0.268 e. The summed E-state index contributed by atoms with van der Waals surface area (Å²) in [4.78, 5) is 0.636. The third-order valence-corrected chi connectivity index (χ3v) is 5.90. The van der Waals surface area contributed by atoms with Crippen LogP contribution >= 0.6 is 27.5 Å². The van der Waals surface area contributed by atoms with Crippen LogP contribution in [0.25, 0.3) is 0 Å². The zero-order chi connectivity index (χ0) is 13.8. The number of aromatic nitrogens is 2. The second-order valence-corrected chi connectivity index (χ2v) is 7.03. The minimum Gasteiger partial charge on any atom is -0.268 e.